The first-order valence-electron chi connectivity index (χ1n) is 25.4. The Kier molecular flexibility index (Phi) is 13.5. The van der Waals surface area contributed by atoms with Crippen LogP contribution < -0.4 is 35.8 Å². The third kappa shape index (κ3) is 9.78. The van der Waals surface area contributed by atoms with Crippen LogP contribution in [-0.4, -0.2) is 150 Å². The minimum Gasteiger partial charge on any atom is -0.494 e. The number of amides is 4. The Morgan fingerprint density at radius 3 is 2.34 bits per heavy atom. The lowest BCUT2D eigenvalue weighted by atomic mass is 9.99. The summed E-state index contributed by atoms with van der Waals surface area (Å²) in [5.41, 5.74) is 6.03. The second-order valence-corrected chi connectivity index (χ2v) is 24.5. The van der Waals surface area contributed by atoms with Crippen molar-refractivity contribution < 1.29 is 28.5 Å². The number of anilines is 6. The van der Waals surface area contributed by atoms with Crippen molar-refractivity contribution in [3.05, 3.63) is 101 Å². The molecule has 384 valence electrons. The van der Waals surface area contributed by atoms with E-state index in [9.17, 15) is 23.7 Å². The van der Waals surface area contributed by atoms with Crippen molar-refractivity contribution in [2.75, 3.05) is 99.8 Å². The van der Waals surface area contributed by atoms with Crippen molar-refractivity contribution in [1.82, 2.24) is 39.8 Å². The quantitative estimate of drug-likeness (QED) is 0.0788. The number of ether oxygens (including phenoxy) is 1. The zero-order valence-corrected chi connectivity index (χ0v) is 44.5. The largest absolute Gasteiger partial charge is 0.494 e. The maximum absolute atomic E-state index is 13.7. The topological polar surface area (TPSA) is 190 Å². The SMILES string of the molecule is COc1cc(N2CCN(C3CCN(CC4CCN(c5ccc6c(c5)C(=O)N(C5CCC(=O)NC5=O)C6=O)C4)CC3)CC2)c(-c2cnn(C)c2)cc1Nc1ncc(Br)c(Nc2ccc3ccccc3c2P(C)(C)=O)n1. The van der Waals surface area contributed by atoms with Crippen LogP contribution in [-0.2, 0) is 21.2 Å². The molecule has 0 bridgehead atoms. The van der Waals surface area contributed by atoms with E-state index in [4.69, 9.17) is 9.72 Å². The first-order valence-corrected chi connectivity index (χ1v) is 28.8. The van der Waals surface area contributed by atoms with Crippen LogP contribution in [0.3, 0.4) is 0 Å². The number of rotatable bonds is 13. The van der Waals surface area contributed by atoms with Crippen LogP contribution in [0.2, 0.25) is 0 Å². The van der Waals surface area contributed by atoms with E-state index in [1.165, 1.54) is 0 Å². The molecule has 0 radical (unpaired) electrons. The predicted octanol–water partition coefficient (Wildman–Crippen LogP) is 7.05. The second kappa shape index (κ2) is 20.2. The van der Waals surface area contributed by atoms with Crippen molar-refractivity contribution in [2.45, 2.75) is 44.2 Å². The molecule has 5 aliphatic rings. The zero-order valence-electron chi connectivity index (χ0n) is 42.0. The molecule has 5 aliphatic heterocycles. The number of hydrogen-bond acceptors (Lipinski definition) is 15. The number of aryl methyl sites for hydroxylation is 1. The Hall–Kier alpha value is -6.66. The number of piperidine rings is 2. The van der Waals surface area contributed by atoms with Gasteiger partial charge in [-0.25, -0.2) is 4.98 Å². The van der Waals surface area contributed by atoms with Crippen molar-refractivity contribution in [3.8, 4) is 16.9 Å². The average molecular weight is 1080 g/mol. The van der Waals surface area contributed by atoms with Gasteiger partial charge in [-0.1, -0.05) is 30.3 Å². The van der Waals surface area contributed by atoms with E-state index in [2.05, 4.69) is 73.7 Å². The lowest BCUT2D eigenvalue weighted by molar-refractivity contribution is -0.136. The molecular formula is C54H60BrN12O6P. The fourth-order valence-corrected chi connectivity index (χ4v) is 13.4. The summed E-state index contributed by atoms with van der Waals surface area (Å²) in [5, 5.41) is 16.4. The lowest BCUT2D eigenvalue weighted by Crippen LogP contribution is -2.54. The number of carbonyl (C=O) groups excluding carboxylic acids is 4. The zero-order chi connectivity index (χ0) is 51.4. The Labute approximate surface area is 438 Å². The van der Waals surface area contributed by atoms with E-state index in [1.54, 1.807) is 38.8 Å². The van der Waals surface area contributed by atoms with Gasteiger partial charge in [0.05, 0.1) is 40.3 Å². The van der Waals surface area contributed by atoms with Crippen LogP contribution in [0.1, 0.15) is 52.8 Å². The van der Waals surface area contributed by atoms with Gasteiger partial charge in [-0.05, 0) is 115 Å². The fraction of sp³-hybridized carbons (Fsp3) is 0.389. The summed E-state index contributed by atoms with van der Waals surface area (Å²) in [6.07, 6.45) is 9.13. The van der Waals surface area contributed by atoms with E-state index in [-0.39, 0.29) is 18.7 Å². The number of imide groups is 2. The van der Waals surface area contributed by atoms with E-state index in [0.29, 0.717) is 50.8 Å². The molecule has 0 aliphatic carbocycles. The Morgan fingerprint density at radius 1 is 0.811 bits per heavy atom. The highest BCUT2D eigenvalue weighted by molar-refractivity contribution is 9.10. The normalized spacial score (nSPS) is 20.1. The number of benzene rings is 4. The van der Waals surface area contributed by atoms with Gasteiger partial charge in [0.1, 0.15) is 24.8 Å². The maximum Gasteiger partial charge on any atom is 0.262 e. The van der Waals surface area contributed by atoms with Crippen LogP contribution in [0.5, 0.6) is 5.75 Å². The summed E-state index contributed by atoms with van der Waals surface area (Å²) in [4.78, 5) is 71.6. The maximum atomic E-state index is 13.7. The number of hydrogen-bond donors (Lipinski definition) is 3. The smallest absolute Gasteiger partial charge is 0.262 e. The second-order valence-electron chi connectivity index (χ2n) is 20.5. The molecule has 3 N–H and O–H groups in total. The number of fused-ring (bicyclic) bond motifs is 2. The van der Waals surface area contributed by atoms with Gasteiger partial charge < -0.3 is 34.6 Å². The monoisotopic (exact) mass is 1080 g/mol. The lowest BCUT2D eigenvalue weighted by Gasteiger charge is -2.44. The first kappa shape index (κ1) is 49.5. The molecule has 0 spiro atoms. The molecular weight excluding hydrogens is 1020 g/mol. The van der Waals surface area contributed by atoms with Crippen molar-refractivity contribution in [3.63, 3.8) is 0 Å². The number of nitrogens with zero attached hydrogens (tertiary/aromatic N) is 9. The molecule has 18 nitrogen and oxygen atoms in total. The van der Waals surface area contributed by atoms with E-state index >= 15 is 0 Å². The average Bonchev–Trinajstić information content (AvgIpc) is 4.12. The number of aromatic nitrogens is 4. The summed E-state index contributed by atoms with van der Waals surface area (Å²) in [6.45, 7) is 12.1. The molecule has 74 heavy (non-hydrogen) atoms. The first-order chi connectivity index (χ1) is 35.7. The molecule has 0 saturated carbocycles. The Balaban J connectivity index is 0.715. The van der Waals surface area contributed by atoms with Crippen LogP contribution in [0.4, 0.5) is 34.5 Å². The van der Waals surface area contributed by atoms with Gasteiger partial charge in [0.25, 0.3) is 11.8 Å². The molecule has 20 heteroatoms. The van der Waals surface area contributed by atoms with Crippen LogP contribution in [0.15, 0.2) is 89.8 Å². The van der Waals surface area contributed by atoms with E-state index in [1.807, 2.05) is 66.6 Å². The minimum absolute atomic E-state index is 0.0920. The summed E-state index contributed by atoms with van der Waals surface area (Å²) in [5.74, 6) is 0.0752. The van der Waals surface area contributed by atoms with Crippen molar-refractivity contribution in [1.29, 1.82) is 0 Å². The molecule has 6 aromatic rings. The molecule has 11 rings (SSSR count). The number of methoxy groups -OCH3 is 1. The highest BCUT2D eigenvalue weighted by atomic mass is 79.9. The van der Waals surface area contributed by atoms with Gasteiger partial charge in [-0.3, -0.25) is 39.0 Å². The van der Waals surface area contributed by atoms with Crippen molar-refractivity contribution in [2.24, 2.45) is 13.0 Å². The highest BCUT2D eigenvalue weighted by Crippen LogP contribution is 2.44. The molecule has 4 fully saturated rings. The molecule has 7 heterocycles. The molecule has 4 aromatic carbocycles. The summed E-state index contributed by atoms with van der Waals surface area (Å²) >= 11 is 3.64. The molecule has 2 unspecified atom stereocenters. The number of piperazine rings is 1. The van der Waals surface area contributed by atoms with Crippen molar-refractivity contribution >= 4 is 97.3 Å². The molecule has 2 atom stereocenters. The predicted molar refractivity (Wildman–Crippen MR) is 291 cm³/mol. The minimum atomic E-state index is -2.71. The fourth-order valence-electron chi connectivity index (χ4n) is 11.6. The number of carbonyl (C=O) groups is 4. The van der Waals surface area contributed by atoms with Gasteiger partial charge in [0.2, 0.25) is 17.8 Å². The summed E-state index contributed by atoms with van der Waals surface area (Å²) in [6, 6.07) is 21.1. The Bertz CT molecular complexity index is 3260. The molecule has 2 aromatic heterocycles. The summed E-state index contributed by atoms with van der Waals surface area (Å²) in [7, 11) is 0.886. The van der Waals surface area contributed by atoms with Gasteiger partial charge in [0, 0.05) is 112 Å². The summed E-state index contributed by atoms with van der Waals surface area (Å²) < 4.78 is 22.2. The third-order valence-corrected chi connectivity index (χ3v) is 17.5. The standard InChI is InChI=1S/C54H60BrN12O6P/c1-62-32-35(28-57-62)40-26-44(59-54-56-29-42(55)50(61-54)58-43-12-9-34-7-5-6-8-38(34)49(43)74(3,4)72)47(73-2)27-46(40)65-23-21-64(22-24-65)36-16-18-63(19-17-36)30-33-15-20-66(31-33)37-10-11-39-41(25-37)53(71)67(52(39)70)45-13-14-48(68)60-51(45)69/h5-12,25-29,32-33,36,45H,13-24,30-31H2,1-4H3,(H,60,68,69)(H2,56,58,59,61). The van der Waals surface area contributed by atoms with Gasteiger partial charge in [-0.2, -0.15) is 10.1 Å². The van der Waals surface area contributed by atoms with E-state index in [0.717, 1.165) is 127 Å². The van der Waals surface area contributed by atoms with Crippen LogP contribution >= 0.6 is 23.1 Å². The molecule has 4 amide bonds. The van der Waals surface area contributed by atoms with Gasteiger partial charge in [-0.15, -0.1) is 0 Å². The van der Waals surface area contributed by atoms with Crippen LogP contribution in [0.25, 0.3) is 21.9 Å². The number of likely N-dealkylation sites (tertiary alicyclic amines) is 1. The van der Waals surface area contributed by atoms with Gasteiger partial charge in [0.15, 0.2) is 0 Å². The Morgan fingerprint density at radius 2 is 1.59 bits per heavy atom. The van der Waals surface area contributed by atoms with Crippen LogP contribution in [0, 0.1) is 5.92 Å². The van der Waals surface area contributed by atoms with E-state index < -0.39 is 30.9 Å². The number of nitrogens with one attached hydrogen (secondary N) is 3. The highest BCUT2D eigenvalue weighted by Gasteiger charge is 2.45. The van der Waals surface area contributed by atoms with Gasteiger partial charge >= 0.3 is 0 Å². The third-order valence-electron chi connectivity index (χ3n) is 15.3. The number of halogens is 1. The molecule has 4 saturated heterocycles.